The minimum atomic E-state index is 0. The Morgan fingerprint density at radius 3 is 2.62 bits per heavy atom. The second kappa shape index (κ2) is 12.4. The monoisotopic (exact) mass is 554 g/mol. The molecule has 0 saturated heterocycles. The first kappa shape index (κ1) is 26.4. The fraction of sp³-hybridized carbons (Fsp3) is 0.625. The molecule has 1 fully saturated rings. The minimum absolute atomic E-state index is 0. The standard InChI is InChI=1S/C24H38N6O.HI/c1-16-7-9-21(10-8-16)31-23-14-20(11-12-26-23)15-27-24(25-5)28-17(2)13-22-18(3)29-30(6)19(22)4;/h11-12,14,16-17,21H,7-10,13,15H2,1-6H3,(H2,25,27,28);1H. The van der Waals surface area contributed by atoms with Crippen LogP contribution in [-0.4, -0.2) is 39.9 Å². The van der Waals surface area contributed by atoms with Crippen LogP contribution in [0.1, 0.15) is 62.0 Å². The van der Waals surface area contributed by atoms with E-state index in [9.17, 15) is 0 Å². The van der Waals surface area contributed by atoms with E-state index in [1.54, 1.807) is 7.05 Å². The summed E-state index contributed by atoms with van der Waals surface area (Å²) >= 11 is 0. The molecule has 0 bridgehead atoms. The van der Waals surface area contributed by atoms with Crippen LogP contribution < -0.4 is 15.4 Å². The molecule has 2 aromatic heterocycles. The van der Waals surface area contributed by atoms with Gasteiger partial charge < -0.3 is 15.4 Å². The molecular weight excluding hydrogens is 515 g/mol. The van der Waals surface area contributed by atoms with Crippen LogP contribution in [0.15, 0.2) is 23.3 Å². The van der Waals surface area contributed by atoms with E-state index in [0.29, 0.717) is 12.6 Å². The summed E-state index contributed by atoms with van der Waals surface area (Å²) in [4.78, 5) is 8.79. The third kappa shape index (κ3) is 7.35. The lowest BCUT2D eigenvalue weighted by atomic mass is 9.89. The fourth-order valence-electron chi connectivity index (χ4n) is 4.23. The van der Waals surface area contributed by atoms with Gasteiger partial charge in [0, 0.05) is 44.6 Å². The maximum atomic E-state index is 6.14. The van der Waals surface area contributed by atoms with E-state index in [1.165, 1.54) is 24.1 Å². The highest BCUT2D eigenvalue weighted by atomic mass is 127. The molecule has 0 aliphatic heterocycles. The molecule has 0 spiro atoms. The molecule has 0 aromatic carbocycles. The normalized spacial score (nSPS) is 19.8. The molecule has 1 aliphatic carbocycles. The smallest absolute Gasteiger partial charge is 0.213 e. The fourth-order valence-corrected chi connectivity index (χ4v) is 4.23. The molecular formula is C24H39IN6O. The number of halogens is 1. The number of aromatic nitrogens is 3. The molecule has 1 atom stereocenters. The zero-order valence-corrected chi connectivity index (χ0v) is 22.6. The maximum Gasteiger partial charge on any atom is 0.213 e. The summed E-state index contributed by atoms with van der Waals surface area (Å²) in [5.74, 6) is 2.32. The lowest BCUT2D eigenvalue weighted by molar-refractivity contribution is 0.130. The minimum Gasteiger partial charge on any atom is -0.474 e. The van der Waals surface area contributed by atoms with Gasteiger partial charge in [0.25, 0.3) is 0 Å². The van der Waals surface area contributed by atoms with E-state index in [1.807, 2.05) is 30.1 Å². The molecule has 3 rings (SSSR count). The Kier molecular flexibility index (Phi) is 10.2. The number of rotatable bonds is 7. The summed E-state index contributed by atoms with van der Waals surface area (Å²) in [5, 5.41) is 11.4. The maximum absolute atomic E-state index is 6.14. The van der Waals surface area contributed by atoms with Crippen molar-refractivity contribution >= 4 is 29.9 Å². The number of pyridine rings is 1. The van der Waals surface area contributed by atoms with Crippen LogP contribution in [0.5, 0.6) is 5.88 Å². The lowest BCUT2D eigenvalue weighted by Gasteiger charge is -2.26. The third-order valence-electron chi connectivity index (χ3n) is 6.29. The van der Waals surface area contributed by atoms with Gasteiger partial charge in [-0.1, -0.05) is 6.92 Å². The summed E-state index contributed by atoms with van der Waals surface area (Å²) in [6, 6.07) is 4.28. The number of guanidine groups is 1. The van der Waals surface area contributed by atoms with Gasteiger partial charge in [-0.05, 0) is 76.0 Å². The Hall–Kier alpha value is -1.84. The number of hydrogen-bond acceptors (Lipinski definition) is 4. The second-order valence-electron chi connectivity index (χ2n) is 8.95. The van der Waals surface area contributed by atoms with E-state index in [2.05, 4.69) is 53.4 Å². The third-order valence-corrected chi connectivity index (χ3v) is 6.29. The van der Waals surface area contributed by atoms with Gasteiger partial charge in [-0.15, -0.1) is 24.0 Å². The van der Waals surface area contributed by atoms with Crippen LogP contribution >= 0.6 is 24.0 Å². The second-order valence-corrected chi connectivity index (χ2v) is 8.95. The topological polar surface area (TPSA) is 76.4 Å². The van der Waals surface area contributed by atoms with E-state index >= 15 is 0 Å². The van der Waals surface area contributed by atoms with E-state index in [0.717, 1.165) is 48.3 Å². The van der Waals surface area contributed by atoms with Crippen molar-refractivity contribution < 1.29 is 4.74 Å². The van der Waals surface area contributed by atoms with E-state index in [-0.39, 0.29) is 30.0 Å². The van der Waals surface area contributed by atoms with Gasteiger partial charge in [0.15, 0.2) is 5.96 Å². The van der Waals surface area contributed by atoms with Gasteiger partial charge in [0.05, 0.1) is 5.69 Å². The van der Waals surface area contributed by atoms with Gasteiger partial charge in [-0.25, -0.2) is 4.98 Å². The molecule has 1 unspecified atom stereocenters. The highest BCUT2D eigenvalue weighted by Crippen LogP contribution is 2.26. The van der Waals surface area contributed by atoms with Crippen LogP contribution in [0.2, 0.25) is 0 Å². The number of aryl methyl sites for hydroxylation is 2. The van der Waals surface area contributed by atoms with Crippen molar-refractivity contribution in [1.82, 2.24) is 25.4 Å². The van der Waals surface area contributed by atoms with Gasteiger partial charge in [-0.2, -0.15) is 5.10 Å². The van der Waals surface area contributed by atoms with Crippen molar-refractivity contribution in [3.05, 3.63) is 40.8 Å². The molecule has 1 saturated carbocycles. The molecule has 32 heavy (non-hydrogen) atoms. The van der Waals surface area contributed by atoms with Crippen molar-refractivity contribution in [2.75, 3.05) is 7.05 Å². The molecule has 2 aromatic rings. The Bertz CT molecular complexity index is 889. The molecule has 0 radical (unpaired) electrons. The number of hydrogen-bond donors (Lipinski definition) is 2. The summed E-state index contributed by atoms with van der Waals surface area (Å²) in [6.07, 6.45) is 7.74. The summed E-state index contributed by atoms with van der Waals surface area (Å²) in [6.45, 7) is 9.34. The van der Waals surface area contributed by atoms with Gasteiger partial charge in [-0.3, -0.25) is 9.67 Å². The Labute approximate surface area is 209 Å². The molecule has 7 nitrogen and oxygen atoms in total. The van der Waals surface area contributed by atoms with Crippen molar-refractivity contribution in [2.24, 2.45) is 18.0 Å². The van der Waals surface area contributed by atoms with Crippen molar-refractivity contribution in [2.45, 2.75) is 78.5 Å². The largest absolute Gasteiger partial charge is 0.474 e. The predicted octanol–water partition coefficient (Wildman–Crippen LogP) is 4.30. The summed E-state index contributed by atoms with van der Waals surface area (Å²) in [5.41, 5.74) is 4.73. The van der Waals surface area contributed by atoms with Gasteiger partial charge >= 0.3 is 0 Å². The first-order valence-corrected chi connectivity index (χ1v) is 11.4. The quantitative estimate of drug-likeness (QED) is 0.303. The highest BCUT2D eigenvalue weighted by molar-refractivity contribution is 14.0. The first-order valence-electron chi connectivity index (χ1n) is 11.4. The zero-order chi connectivity index (χ0) is 22.4. The van der Waals surface area contributed by atoms with Crippen LogP contribution in [-0.2, 0) is 20.0 Å². The number of aliphatic imine (C=N–C) groups is 1. The average Bonchev–Trinajstić information content (AvgIpc) is 2.99. The van der Waals surface area contributed by atoms with Crippen LogP contribution in [0.4, 0.5) is 0 Å². The van der Waals surface area contributed by atoms with Gasteiger partial charge in [0.2, 0.25) is 5.88 Å². The zero-order valence-electron chi connectivity index (χ0n) is 20.3. The number of ether oxygens (including phenoxy) is 1. The lowest BCUT2D eigenvalue weighted by Crippen LogP contribution is -2.42. The average molecular weight is 555 g/mol. The van der Waals surface area contributed by atoms with Crippen LogP contribution in [0, 0.1) is 19.8 Å². The molecule has 2 heterocycles. The Morgan fingerprint density at radius 2 is 2.00 bits per heavy atom. The predicted molar refractivity (Wildman–Crippen MR) is 141 cm³/mol. The van der Waals surface area contributed by atoms with Crippen molar-refractivity contribution in [3.63, 3.8) is 0 Å². The summed E-state index contributed by atoms with van der Waals surface area (Å²) in [7, 11) is 3.79. The van der Waals surface area contributed by atoms with Crippen LogP contribution in [0.25, 0.3) is 0 Å². The molecule has 8 heteroatoms. The number of nitrogens with zero attached hydrogens (tertiary/aromatic N) is 4. The molecule has 2 N–H and O–H groups in total. The van der Waals surface area contributed by atoms with E-state index in [4.69, 9.17) is 4.74 Å². The Balaban J connectivity index is 0.00000363. The molecule has 1 aliphatic rings. The van der Waals surface area contributed by atoms with Crippen LogP contribution in [0.3, 0.4) is 0 Å². The Morgan fingerprint density at radius 1 is 1.28 bits per heavy atom. The summed E-state index contributed by atoms with van der Waals surface area (Å²) < 4.78 is 8.09. The van der Waals surface area contributed by atoms with Crippen molar-refractivity contribution in [1.29, 1.82) is 0 Å². The van der Waals surface area contributed by atoms with Gasteiger partial charge in [0.1, 0.15) is 6.10 Å². The molecule has 0 amide bonds. The number of nitrogens with one attached hydrogen (secondary N) is 2. The first-order chi connectivity index (χ1) is 14.9. The SMILES string of the molecule is CN=C(NCc1ccnc(OC2CCC(C)CC2)c1)NC(C)Cc1c(C)nn(C)c1C.I. The molecule has 178 valence electrons. The highest BCUT2D eigenvalue weighted by Gasteiger charge is 2.20. The van der Waals surface area contributed by atoms with Crippen molar-refractivity contribution in [3.8, 4) is 5.88 Å². The van der Waals surface area contributed by atoms with E-state index < -0.39 is 0 Å².